The van der Waals surface area contributed by atoms with Crippen LogP contribution >= 0.6 is 0 Å². The van der Waals surface area contributed by atoms with Gasteiger partial charge in [0.05, 0.1) is 17.8 Å². The lowest BCUT2D eigenvalue weighted by Gasteiger charge is -2.17. The summed E-state index contributed by atoms with van der Waals surface area (Å²) >= 11 is 0. The Hall–Kier alpha value is -3.81. The third-order valence-electron chi connectivity index (χ3n) is 5.14. The fourth-order valence-corrected chi connectivity index (χ4v) is 3.50. The van der Waals surface area contributed by atoms with E-state index in [0.717, 1.165) is 6.07 Å². The molecule has 1 atom stereocenters. The van der Waals surface area contributed by atoms with Crippen molar-refractivity contribution in [3.05, 3.63) is 88.1 Å². The van der Waals surface area contributed by atoms with E-state index in [2.05, 4.69) is 15.5 Å². The van der Waals surface area contributed by atoms with E-state index in [1.807, 2.05) is 0 Å². The first kappa shape index (κ1) is 19.5. The van der Waals surface area contributed by atoms with E-state index in [1.165, 1.54) is 23.9 Å². The molecule has 2 heterocycles. The molecule has 8 heteroatoms. The minimum absolute atomic E-state index is 0.181. The van der Waals surface area contributed by atoms with Gasteiger partial charge in [0.15, 0.2) is 0 Å². The van der Waals surface area contributed by atoms with Crippen molar-refractivity contribution < 1.29 is 13.6 Å². The summed E-state index contributed by atoms with van der Waals surface area (Å²) in [5, 5.41) is 9.48. The van der Waals surface area contributed by atoms with Gasteiger partial charge in [0, 0.05) is 24.2 Å². The predicted octanol–water partition coefficient (Wildman–Crippen LogP) is 3.64. The van der Waals surface area contributed by atoms with Gasteiger partial charge >= 0.3 is 0 Å². The molecule has 1 amide bonds. The van der Waals surface area contributed by atoms with Gasteiger partial charge in [-0.3, -0.25) is 14.7 Å². The number of rotatable bonds is 4. The number of amides is 1. The van der Waals surface area contributed by atoms with E-state index in [4.69, 9.17) is 0 Å². The van der Waals surface area contributed by atoms with E-state index in [0.29, 0.717) is 27.5 Å². The minimum atomic E-state index is -0.557. The van der Waals surface area contributed by atoms with Crippen molar-refractivity contribution in [2.24, 2.45) is 0 Å². The van der Waals surface area contributed by atoms with Crippen LogP contribution in [0.4, 0.5) is 8.78 Å². The summed E-state index contributed by atoms with van der Waals surface area (Å²) in [4.78, 5) is 25.0. The summed E-state index contributed by atoms with van der Waals surface area (Å²) in [7, 11) is 1.47. The van der Waals surface area contributed by atoms with Crippen molar-refractivity contribution in [1.29, 1.82) is 0 Å². The second-order valence-electron chi connectivity index (χ2n) is 6.96. The molecule has 1 unspecified atom stereocenters. The number of hydrogen-bond donors (Lipinski definition) is 2. The number of nitrogens with one attached hydrogen (secondary N) is 2. The Morgan fingerprint density at radius 1 is 1.17 bits per heavy atom. The number of carbonyl (C=O) groups excluding carboxylic acids is 1. The first-order valence-corrected chi connectivity index (χ1v) is 9.25. The van der Waals surface area contributed by atoms with Crippen LogP contribution in [0.5, 0.6) is 0 Å². The highest BCUT2D eigenvalue weighted by Crippen LogP contribution is 2.25. The highest BCUT2D eigenvalue weighted by atomic mass is 19.1. The Labute approximate surface area is 170 Å². The van der Waals surface area contributed by atoms with Gasteiger partial charge in [-0.2, -0.15) is 9.49 Å². The summed E-state index contributed by atoms with van der Waals surface area (Å²) in [6, 6.07) is 10.2. The quantitative estimate of drug-likeness (QED) is 0.541. The Balaban J connectivity index is 1.77. The minimum Gasteiger partial charge on any atom is -0.355 e. The zero-order chi connectivity index (χ0) is 21.4. The number of hydrogen-bond acceptors (Lipinski definition) is 3. The fraction of sp³-hybridized carbons (Fsp3) is 0.136. The summed E-state index contributed by atoms with van der Waals surface area (Å²) in [6.45, 7) is 1.75. The zero-order valence-corrected chi connectivity index (χ0v) is 16.2. The van der Waals surface area contributed by atoms with Gasteiger partial charge in [-0.1, -0.05) is 6.07 Å². The average molecular weight is 408 g/mol. The molecule has 2 aromatic heterocycles. The van der Waals surface area contributed by atoms with Crippen molar-refractivity contribution in [2.75, 3.05) is 7.05 Å². The molecule has 0 aliphatic rings. The molecule has 4 rings (SSSR count). The van der Waals surface area contributed by atoms with E-state index in [1.54, 1.807) is 43.5 Å². The monoisotopic (exact) mass is 408 g/mol. The van der Waals surface area contributed by atoms with Crippen molar-refractivity contribution in [1.82, 2.24) is 20.1 Å². The number of fused-ring (bicyclic) bond motifs is 1. The number of carbonyl (C=O) groups is 1. The van der Waals surface area contributed by atoms with Crippen LogP contribution < -0.4 is 10.9 Å². The Bertz CT molecular complexity index is 1330. The zero-order valence-electron chi connectivity index (χ0n) is 16.2. The second kappa shape index (κ2) is 7.55. The Morgan fingerprint density at radius 3 is 2.67 bits per heavy atom. The molecule has 6 nitrogen and oxygen atoms in total. The topological polar surface area (TPSA) is 79.8 Å². The molecule has 0 bridgehead atoms. The molecule has 0 spiro atoms. The van der Waals surface area contributed by atoms with Crippen LogP contribution in [0.2, 0.25) is 0 Å². The summed E-state index contributed by atoms with van der Waals surface area (Å²) in [5.41, 5.74) is 1.31. The lowest BCUT2D eigenvalue weighted by atomic mass is 10.0. The number of aromatic amines is 1. The number of benzene rings is 2. The van der Waals surface area contributed by atoms with Crippen LogP contribution in [0.15, 0.2) is 59.7 Å². The molecular formula is C22H18F2N4O2. The van der Waals surface area contributed by atoms with Crippen molar-refractivity contribution >= 4 is 16.7 Å². The molecule has 4 aromatic rings. The van der Waals surface area contributed by atoms with E-state index < -0.39 is 23.7 Å². The summed E-state index contributed by atoms with van der Waals surface area (Å²) < 4.78 is 29.3. The lowest BCUT2D eigenvalue weighted by molar-refractivity contribution is 0.0962. The van der Waals surface area contributed by atoms with Crippen LogP contribution in [0.1, 0.15) is 28.9 Å². The number of H-pyrrole nitrogens is 1. The van der Waals surface area contributed by atoms with Gasteiger partial charge in [0.25, 0.3) is 11.5 Å². The van der Waals surface area contributed by atoms with Crippen LogP contribution in [-0.2, 0) is 0 Å². The molecule has 152 valence electrons. The summed E-state index contributed by atoms with van der Waals surface area (Å²) in [5.74, 6) is -1.51. The second-order valence-corrected chi connectivity index (χ2v) is 6.96. The molecule has 2 N–H and O–H groups in total. The average Bonchev–Trinajstić information content (AvgIpc) is 3.18. The van der Waals surface area contributed by atoms with Crippen molar-refractivity contribution in [2.45, 2.75) is 13.0 Å². The van der Waals surface area contributed by atoms with E-state index >= 15 is 0 Å². The van der Waals surface area contributed by atoms with Crippen molar-refractivity contribution in [3.8, 4) is 11.1 Å². The predicted molar refractivity (Wildman–Crippen MR) is 109 cm³/mol. The van der Waals surface area contributed by atoms with Crippen LogP contribution in [0, 0.1) is 11.8 Å². The van der Waals surface area contributed by atoms with Gasteiger partial charge in [0.1, 0.15) is 5.82 Å². The molecular weight excluding hydrogens is 390 g/mol. The fourth-order valence-electron chi connectivity index (χ4n) is 3.50. The molecule has 0 aliphatic carbocycles. The number of pyridine rings is 1. The molecule has 0 radical (unpaired) electrons. The number of halogens is 2. The van der Waals surface area contributed by atoms with Gasteiger partial charge in [-0.15, -0.1) is 0 Å². The normalized spacial score (nSPS) is 12.1. The largest absolute Gasteiger partial charge is 0.355 e. The SMILES string of the molecule is CNC(=O)c1cc(F)cc(C(C)n2ccc3cc(-c4cn[nH]c4F)ccc3c2=O)c1. The third kappa shape index (κ3) is 3.36. The van der Waals surface area contributed by atoms with Gasteiger partial charge in [-0.05, 0) is 59.8 Å². The molecule has 2 aromatic carbocycles. The van der Waals surface area contributed by atoms with E-state index in [9.17, 15) is 18.4 Å². The standard InChI is InChI=1S/C22H18F2N4O2/c1-12(15-8-16(21(29)25-2)10-17(23)9-15)28-6-5-14-7-13(3-4-18(14)22(28)30)19-11-26-27-20(19)24/h3-12H,1-2H3,(H,25,29)(H,26,27). The highest BCUT2D eigenvalue weighted by molar-refractivity contribution is 5.94. The molecule has 0 saturated heterocycles. The van der Waals surface area contributed by atoms with Crippen molar-refractivity contribution in [3.63, 3.8) is 0 Å². The molecule has 0 saturated carbocycles. The first-order chi connectivity index (χ1) is 14.4. The van der Waals surface area contributed by atoms with Gasteiger partial charge in [-0.25, -0.2) is 4.39 Å². The summed E-state index contributed by atoms with van der Waals surface area (Å²) in [6.07, 6.45) is 2.99. The maximum atomic E-state index is 14.1. The first-order valence-electron chi connectivity index (χ1n) is 9.25. The highest BCUT2D eigenvalue weighted by Gasteiger charge is 2.16. The lowest BCUT2D eigenvalue weighted by Crippen LogP contribution is -2.24. The number of aromatic nitrogens is 3. The molecule has 0 fully saturated rings. The maximum Gasteiger partial charge on any atom is 0.258 e. The third-order valence-corrected chi connectivity index (χ3v) is 5.14. The van der Waals surface area contributed by atoms with Gasteiger partial charge in [0.2, 0.25) is 5.95 Å². The van der Waals surface area contributed by atoms with Crippen LogP contribution in [0.3, 0.4) is 0 Å². The maximum absolute atomic E-state index is 14.1. The molecule has 0 aliphatic heterocycles. The number of nitrogens with zero attached hydrogens (tertiary/aromatic N) is 2. The Morgan fingerprint density at radius 2 is 1.97 bits per heavy atom. The van der Waals surface area contributed by atoms with Crippen LogP contribution in [-0.4, -0.2) is 27.7 Å². The van der Waals surface area contributed by atoms with Gasteiger partial charge < -0.3 is 9.88 Å². The Kier molecular flexibility index (Phi) is 4.91. The van der Waals surface area contributed by atoms with Crippen LogP contribution in [0.25, 0.3) is 21.9 Å². The molecule has 30 heavy (non-hydrogen) atoms. The van der Waals surface area contributed by atoms with E-state index in [-0.39, 0.29) is 11.1 Å². The smallest absolute Gasteiger partial charge is 0.258 e.